The normalized spacial score (nSPS) is 10.1. The number of carbonyl (C=O) groups excluding carboxylic acids is 2. The van der Waals surface area contributed by atoms with E-state index in [1.54, 1.807) is 44.4 Å². The van der Waals surface area contributed by atoms with Crippen LogP contribution in [0.4, 0.5) is 5.69 Å². The molecule has 0 saturated carbocycles. The fraction of sp³-hybridized carbons (Fsp3) is 0.304. The maximum absolute atomic E-state index is 12.6. The first-order valence-electron chi connectivity index (χ1n) is 9.63. The number of ether oxygens (including phenoxy) is 3. The van der Waals surface area contributed by atoms with Crippen molar-refractivity contribution >= 4 is 17.5 Å². The minimum absolute atomic E-state index is 0.0911. The Hall–Kier alpha value is -3.48. The van der Waals surface area contributed by atoms with E-state index in [1.807, 2.05) is 18.2 Å². The largest absolute Gasteiger partial charge is 0.495 e. The van der Waals surface area contributed by atoms with Crippen LogP contribution in [0.2, 0.25) is 0 Å². The molecular formula is C23H28N2O5. The van der Waals surface area contributed by atoms with Crippen LogP contribution in [0.5, 0.6) is 17.2 Å². The van der Waals surface area contributed by atoms with E-state index >= 15 is 0 Å². The van der Waals surface area contributed by atoms with E-state index in [0.717, 1.165) is 5.56 Å². The van der Waals surface area contributed by atoms with Crippen molar-refractivity contribution in [1.82, 2.24) is 4.90 Å². The maximum atomic E-state index is 12.6. The number of benzene rings is 2. The number of hydrogen-bond acceptors (Lipinski definition) is 5. The molecule has 0 spiro atoms. The highest BCUT2D eigenvalue weighted by Crippen LogP contribution is 2.28. The van der Waals surface area contributed by atoms with E-state index in [4.69, 9.17) is 14.2 Å². The van der Waals surface area contributed by atoms with E-state index in [1.165, 1.54) is 12.0 Å². The van der Waals surface area contributed by atoms with Gasteiger partial charge in [-0.3, -0.25) is 9.59 Å². The topological polar surface area (TPSA) is 77.1 Å². The maximum Gasteiger partial charge on any atom is 0.260 e. The molecular weight excluding hydrogens is 384 g/mol. The third kappa shape index (κ3) is 6.27. The molecule has 1 N–H and O–H groups in total. The van der Waals surface area contributed by atoms with Crippen LogP contribution in [0.25, 0.3) is 0 Å². The SMILES string of the molecule is C=CCc1ccc(OCC(=O)N(CC)CC(=O)Nc2ccccc2OC)c(OC)c1. The summed E-state index contributed by atoms with van der Waals surface area (Å²) >= 11 is 0. The second-order valence-electron chi connectivity index (χ2n) is 6.42. The molecule has 2 amide bonds. The fourth-order valence-electron chi connectivity index (χ4n) is 2.84. The minimum atomic E-state index is -0.318. The van der Waals surface area contributed by atoms with Crippen molar-refractivity contribution < 1.29 is 23.8 Å². The van der Waals surface area contributed by atoms with Gasteiger partial charge in [0.15, 0.2) is 18.1 Å². The van der Waals surface area contributed by atoms with E-state index in [0.29, 0.717) is 35.9 Å². The zero-order valence-electron chi connectivity index (χ0n) is 17.6. The first-order valence-corrected chi connectivity index (χ1v) is 9.63. The van der Waals surface area contributed by atoms with E-state index < -0.39 is 0 Å². The van der Waals surface area contributed by atoms with Crippen molar-refractivity contribution in [1.29, 1.82) is 0 Å². The molecule has 0 aliphatic carbocycles. The number of carbonyl (C=O) groups is 2. The molecule has 2 rings (SSSR count). The summed E-state index contributed by atoms with van der Waals surface area (Å²) in [4.78, 5) is 26.4. The molecule has 0 atom stereocenters. The Morgan fingerprint density at radius 3 is 2.47 bits per heavy atom. The molecule has 7 nitrogen and oxygen atoms in total. The predicted molar refractivity (Wildman–Crippen MR) is 116 cm³/mol. The van der Waals surface area contributed by atoms with Gasteiger partial charge in [0.2, 0.25) is 5.91 Å². The number of likely N-dealkylation sites (N-methyl/N-ethyl adjacent to an activating group) is 1. The summed E-state index contributed by atoms with van der Waals surface area (Å²) < 4.78 is 16.2. The zero-order chi connectivity index (χ0) is 21.9. The van der Waals surface area contributed by atoms with Crippen LogP contribution >= 0.6 is 0 Å². The minimum Gasteiger partial charge on any atom is -0.495 e. The van der Waals surface area contributed by atoms with Crippen LogP contribution in [0, 0.1) is 0 Å². The first kappa shape index (κ1) is 22.8. The van der Waals surface area contributed by atoms with Crippen LogP contribution in [0.1, 0.15) is 12.5 Å². The van der Waals surface area contributed by atoms with Gasteiger partial charge in [-0.2, -0.15) is 0 Å². The summed E-state index contributed by atoms with van der Waals surface area (Å²) in [5, 5.41) is 2.76. The predicted octanol–water partition coefficient (Wildman–Crippen LogP) is 3.30. The highest BCUT2D eigenvalue weighted by Gasteiger charge is 2.18. The van der Waals surface area contributed by atoms with Gasteiger partial charge >= 0.3 is 0 Å². The van der Waals surface area contributed by atoms with E-state index in [-0.39, 0.29) is 25.0 Å². The number of para-hydroxylation sites is 2. The number of rotatable bonds is 11. The Balaban J connectivity index is 1.96. The molecule has 30 heavy (non-hydrogen) atoms. The van der Waals surface area contributed by atoms with Gasteiger partial charge in [0, 0.05) is 6.54 Å². The highest BCUT2D eigenvalue weighted by atomic mass is 16.5. The van der Waals surface area contributed by atoms with Gasteiger partial charge < -0.3 is 24.4 Å². The van der Waals surface area contributed by atoms with Crippen LogP contribution in [0.3, 0.4) is 0 Å². The molecule has 0 unspecified atom stereocenters. The van der Waals surface area contributed by atoms with Gasteiger partial charge in [-0.05, 0) is 43.2 Å². The number of anilines is 1. The number of nitrogens with zero attached hydrogens (tertiary/aromatic N) is 1. The summed E-state index contributed by atoms with van der Waals surface area (Å²) in [6.45, 7) is 5.60. The van der Waals surface area contributed by atoms with Crippen LogP contribution < -0.4 is 19.5 Å². The summed E-state index contributed by atoms with van der Waals surface area (Å²) in [7, 11) is 3.07. The Morgan fingerprint density at radius 2 is 1.80 bits per heavy atom. The molecule has 0 saturated heterocycles. The van der Waals surface area contributed by atoms with Crippen LogP contribution in [-0.4, -0.2) is 50.6 Å². The van der Waals surface area contributed by atoms with Gasteiger partial charge in [0.25, 0.3) is 5.91 Å². The summed E-state index contributed by atoms with van der Waals surface area (Å²) in [6, 6.07) is 12.6. The van der Waals surface area contributed by atoms with Crippen molar-refractivity contribution in [2.45, 2.75) is 13.3 Å². The number of hydrogen-bond donors (Lipinski definition) is 1. The Morgan fingerprint density at radius 1 is 1.07 bits per heavy atom. The Labute approximate surface area is 177 Å². The highest BCUT2D eigenvalue weighted by molar-refractivity contribution is 5.95. The average molecular weight is 412 g/mol. The Bertz CT molecular complexity index is 882. The van der Waals surface area contributed by atoms with Gasteiger partial charge in [-0.25, -0.2) is 0 Å². The fourth-order valence-corrected chi connectivity index (χ4v) is 2.84. The molecule has 0 bridgehead atoms. The lowest BCUT2D eigenvalue weighted by atomic mass is 10.1. The van der Waals surface area contributed by atoms with Crippen molar-refractivity contribution in [3.8, 4) is 17.2 Å². The van der Waals surface area contributed by atoms with Gasteiger partial charge in [-0.15, -0.1) is 6.58 Å². The molecule has 7 heteroatoms. The van der Waals surface area contributed by atoms with Gasteiger partial charge in [-0.1, -0.05) is 24.3 Å². The summed E-state index contributed by atoms with van der Waals surface area (Å²) in [5.74, 6) is 0.939. The van der Waals surface area contributed by atoms with Crippen molar-refractivity contribution in [3.05, 3.63) is 60.7 Å². The van der Waals surface area contributed by atoms with Crippen molar-refractivity contribution in [3.63, 3.8) is 0 Å². The second kappa shape index (κ2) is 11.5. The molecule has 0 aliphatic rings. The monoisotopic (exact) mass is 412 g/mol. The Kier molecular flexibility index (Phi) is 8.75. The van der Waals surface area contributed by atoms with Crippen LogP contribution in [-0.2, 0) is 16.0 Å². The quantitative estimate of drug-likeness (QED) is 0.573. The van der Waals surface area contributed by atoms with Crippen molar-refractivity contribution in [2.75, 3.05) is 39.2 Å². The number of methoxy groups -OCH3 is 2. The number of nitrogens with one attached hydrogen (secondary N) is 1. The van der Waals surface area contributed by atoms with Crippen molar-refractivity contribution in [2.24, 2.45) is 0 Å². The first-order chi connectivity index (χ1) is 14.5. The van der Waals surface area contributed by atoms with E-state index in [2.05, 4.69) is 11.9 Å². The average Bonchev–Trinajstić information content (AvgIpc) is 2.76. The third-order valence-electron chi connectivity index (χ3n) is 4.41. The molecule has 0 heterocycles. The standard InChI is InChI=1S/C23H28N2O5/c1-5-9-17-12-13-20(21(14-17)29-4)30-16-23(27)25(6-2)15-22(26)24-18-10-7-8-11-19(18)28-3/h5,7-8,10-14H,1,6,9,15-16H2,2-4H3,(H,24,26). The second-order valence-corrected chi connectivity index (χ2v) is 6.42. The summed E-state index contributed by atoms with van der Waals surface area (Å²) in [6.07, 6.45) is 2.51. The van der Waals surface area contributed by atoms with Crippen LogP contribution in [0.15, 0.2) is 55.1 Å². The summed E-state index contributed by atoms with van der Waals surface area (Å²) in [5.41, 5.74) is 1.58. The van der Waals surface area contributed by atoms with E-state index in [9.17, 15) is 9.59 Å². The molecule has 0 aliphatic heterocycles. The molecule has 0 aromatic heterocycles. The number of amides is 2. The van der Waals surface area contributed by atoms with Gasteiger partial charge in [0.1, 0.15) is 5.75 Å². The third-order valence-corrected chi connectivity index (χ3v) is 4.41. The molecule has 2 aromatic rings. The lowest BCUT2D eigenvalue weighted by molar-refractivity contribution is -0.136. The smallest absolute Gasteiger partial charge is 0.260 e. The number of allylic oxidation sites excluding steroid dienone is 1. The zero-order valence-corrected chi connectivity index (χ0v) is 17.6. The lowest BCUT2D eigenvalue weighted by Gasteiger charge is -2.21. The lowest BCUT2D eigenvalue weighted by Crippen LogP contribution is -2.40. The molecule has 2 aromatic carbocycles. The van der Waals surface area contributed by atoms with Gasteiger partial charge in [0.05, 0.1) is 26.5 Å². The molecule has 0 radical (unpaired) electrons. The molecule has 160 valence electrons. The molecule has 0 fully saturated rings.